The van der Waals surface area contributed by atoms with Crippen LogP contribution >= 0.6 is 0 Å². The lowest BCUT2D eigenvalue weighted by Crippen LogP contribution is -1.95. The average molecular weight is 296 g/mol. The van der Waals surface area contributed by atoms with E-state index < -0.39 is 0 Å². The summed E-state index contributed by atoms with van der Waals surface area (Å²) in [6.07, 6.45) is 3.18. The van der Waals surface area contributed by atoms with Gasteiger partial charge in [-0.2, -0.15) is 0 Å². The molecule has 0 spiro atoms. The summed E-state index contributed by atoms with van der Waals surface area (Å²) in [5.41, 5.74) is 2.60. The summed E-state index contributed by atoms with van der Waals surface area (Å²) >= 11 is 0. The number of phenols is 1. The predicted octanol–water partition coefficient (Wildman–Crippen LogP) is 4.42. The summed E-state index contributed by atoms with van der Waals surface area (Å²) in [5.74, 6) is 0.846. The van der Waals surface area contributed by atoms with Gasteiger partial charge in [-0.05, 0) is 35.3 Å². The van der Waals surface area contributed by atoms with Crippen LogP contribution in [-0.2, 0) is 0 Å². The number of ketones is 1. The van der Waals surface area contributed by atoms with E-state index >= 15 is 0 Å². The molecule has 114 valence electrons. The summed E-state index contributed by atoms with van der Waals surface area (Å²) in [7, 11) is 1.49. The maximum atomic E-state index is 12.1. The van der Waals surface area contributed by atoms with Crippen molar-refractivity contribution in [2.24, 2.45) is 0 Å². The van der Waals surface area contributed by atoms with Crippen molar-refractivity contribution in [2.75, 3.05) is 7.11 Å². The highest BCUT2D eigenvalue weighted by molar-refractivity contribution is 6.06. The van der Waals surface area contributed by atoms with Crippen LogP contribution in [0.25, 0.3) is 6.08 Å². The normalized spacial score (nSPS) is 11.1. The van der Waals surface area contributed by atoms with Gasteiger partial charge in [0, 0.05) is 5.56 Å². The Hall–Kier alpha value is -2.55. The Bertz CT molecular complexity index is 682. The van der Waals surface area contributed by atoms with Crippen molar-refractivity contribution < 1.29 is 14.6 Å². The molecule has 0 aliphatic rings. The van der Waals surface area contributed by atoms with E-state index in [0.717, 1.165) is 5.56 Å². The van der Waals surface area contributed by atoms with Crippen LogP contribution in [0.5, 0.6) is 11.5 Å². The van der Waals surface area contributed by atoms with Gasteiger partial charge in [0.15, 0.2) is 17.3 Å². The minimum absolute atomic E-state index is 0.0541. The second kappa shape index (κ2) is 6.94. The van der Waals surface area contributed by atoms with Crippen molar-refractivity contribution in [2.45, 2.75) is 19.8 Å². The molecule has 0 saturated heterocycles. The highest BCUT2D eigenvalue weighted by Gasteiger charge is 2.04. The molecule has 0 aliphatic heterocycles. The first kappa shape index (κ1) is 15.8. The molecule has 1 N–H and O–H groups in total. The molecule has 3 heteroatoms. The van der Waals surface area contributed by atoms with Crippen LogP contribution in [-0.4, -0.2) is 18.0 Å². The second-order valence-corrected chi connectivity index (χ2v) is 5.41. The van der Waals surface area contributed by atoms with Gasteiger partial charge >= 0.3 is 0 Å². The quantitative estimate of drug-likeness (QED) is 0.656. The molecule has 0 unspecified atom stereocenters. The van der Waals surface area contributed by atoms with Crippen molar-refractivity contribution in [3.05, 3.63) is 65.2 Å². The summed E-state index contributed by atoms with van der Waals surface area (Å²) in [6.45, 7) is 4.24. The van der Waals surface area contributed by atoms with Crippen LogP contribution in [0.4, 0.5) is 0 Å². The summed E-state index contributed by atoms with van der Waals surface area (Å²) in [5, 5.41) is 9.71. The number of carbonyl (C=O) groups excluding carboxylic acids is 1. The van der Waals surface area contributed by atoms with Gasteiger partial charge in [0.05, 0.1) is 7.11 Å². The van der Waals surface area contributed by atoms with Gasteiger partial charge in [-0.3, -0.25) is 4.79 Å². The number of ether oxygens (including phenoxy) is 1. The molecule has 0 aromatic heterocycles. The van der Waals surface area contributed by atoms with Gasteiger partial charge in [0.1, 0.15) is 0 Å². The maximum absolute atomic E-state index is 12.1. The zero-order valence-electron chi connectivity index (χ0n) is 13.0. The summed E-state index contributed by atoms with van der Waals surface area (Å²) < 4.78 is 4.98. The first-order valence-electron chi connectivity index (χ1n) is 7.20. The van der Waals surface area contributed by atoms with Gasteiger partial charge in [-0.25, -0.2) is 0 Å². The van der Waals surface area contributed by atoms with E-state index in [0.29, 0.717) is 17.2 Å². The topological polar surface area (TPSA) is 46.5 Å². The number of hydrogen-bond acceptors (Lipinski definition) is 3. The molecule has 0 fully saturated rings. The number of rotatable bonds is 5. The third-order valence-electron chi connectivity index (χ3n) is 3.49. The standard InChI is InChI=1S/C19H20O3/c1-13(2)15-6-8-16(9-7-15)17(20)10-4-14-5-11-19(22-3)18(21)12-14/h4-13,21H,1-3H3. The third-order valence-corrected chi connectivity index (χ3v) is 3.49. The Labute approximate surface area is 130 Å². The van der Waals surface area contributed by atoms with Gasteiger partial charge in [-0.15, -0.1) is 0 Å². The molecule has 0 amide bonds. The van der Waals surface area contributed by atoms with Crippen LogP contribution in [0.3, 0.4) is 0 Å². The Morgan fingerprint density at radius 2 is 1.82 bits per heavy atom. The van der Waals surface area contributed by atoms with E-state index in [9.17, 15) is 9.90 Å². The minimum Gasteiger partial charge on any atom is -0.504 e. The van der Waals surface area contributed by atoms with Crippen LogP contribution < -0.4 is 4.74 Å². The van der Waals surface area contributed by atoms with Crippen molar-refractivity contribution >= 4 is 11.9 Å². The minimum atomic E-state index is -0.0642. The van der Waals surface area contributed by atoms with E-state index in [1.807, 2.05) is 24.3 Å². The number of aromatic hydroxyl groups is 1. The van der Waals surface area contributed by atoms with E-state index in [2.05, 4.69) is 13.8 Å². The highest BCUT2D eigenvalue weighted by Crippen LogP contribution is 2.26. The fourth-order valence-electron chi connectivity index (χ4n) is 2.11. The van der Waals surface area contributed by atoms with E-state index in [-0.39, 0.29) is 11.5 Å². The molecule has 0 atom stereocenters. The molecule has 22 heavy (non-hydrogen) atoms. The molecule has 0 heterocycles. The molecule has 0 bridgehead atoms. The van der Waals surface area contributed by atoms with Crippen LogP contribution in [0.1, 0.15) is 41.3 Å². The van der Waals surface area contributed by atoms with Crippen molar-refractivity contribution in [3.63, 3.8) is 0 Å². The van der Waals surface area contributed by atoms with Crippen molar-refractivity contribution in [1.82, 2.24) is 0 Å². The van der Waals surface area contributed by atoms with Gasteiger partial charge in [-0.1, -0.05) is 50.3 Å². The molecule has 2 aromatic carbocycles. The number of methoxy groups -OCH3 is 1. The first-order chi connectivity index (χ1) is 10.5. The lowest BCUT2D eigenvalue weighted by atomic mass is 10.0. The number of benzene rings is 2. The molecule has 2 aromatic rings. The first-order valence-corrected chi connectivity index (χ1v) is 7.20. The molecule has 2 rings (SSSR count). The summed E-state index contributed by atoms with van der Waals surface area (Å²) in [4.78, 5) is 12.1. The van der Waals surface area contributed by atoms with Crippen molar-refractivity contribution in [3.8, 4) is 11.5 Å². The molecular formula is C19H20O3. The number of phenolic OH excluding ortho intramolecular Hbond substituents is 1. The van der Waals surface area contributed by atoms with Crippen LogP contribution in [0.2, 0.25) is 0 Å². The number of hydrogen-bond donors (Lipinski definition) is 1. The Balaban J connectivity index is 2.12. The fourth-order valence-corrected chi connectivity index (χ4v) is 2.11. The Morgan fingerprint density at radius 3 is 2.36 bits per heavy atom. The molecular weight excluding hydrogens is 276 g/mol. The molecule has 0 saturated carbocycles. The zero-order chi connectivity index (χ0) is 16.1. The largest absolute Gasteiger partial charge is 0.504 e. The molecule has 0 aliphatic carbocycles. The fraction of sp³-hybridized carbons (Fsp3) is 0.211. The summed E-state index contributed by atoms with van der Waals surface area (Å²) in [6, 6.07) is 12.6. The van der Waals surface area contributed by atoms with Crippen LogP contribution in [0.15, 0.2) is 48.5 Å². The van der Waals surface area contributed by atoms with Crippen LogP contribution in [0, 0.1) is 0 Å². The van der Waals surface area contributed by atoms with E-state index in [4.69, 9.17) is 4.74 Å². The van der Waals surface area contributed by atoms with Gasteiger partial charge in [0.25, 0.3) is 0 Å². The monoisotopic (exact) mass is 296 g/mol. The lowest BCUT2D eigenvalue weighted by Gasteiger charge is -2.05. The Morgan fingerprint density at radius 1 is 1.14 bits per heavy atom. The molecule has 0 radical (unpaired) electrons. The highest BCUT2D eigenvalue weighted by atomic mass is 16.5. The smallest absolute Gasteiger partial charge is 0.185 e. The average Bonchev–Trinajstić information content (AvgIpc) is 2.52. The van der Waals surface area contributed by atoms with Crippen molar-refractivity contribution in [1.29, 1.82) is 0 Å². The Kier molecular flexibility index (Phi) is 4.99. The SMILES string of the molecule is COc1ccc(C=CC(=O)c2ccc(C(C)C)cc2)cc1O. The third kappa shape index (κ3) is 3.76. The lowest BCUT2D eigenvalue weighted by molar-refractivity contribution is 0.104. The zero-order valence-corrected chi connectivity index (χ0v) is 13.0. The predicted molar refractivity (Wildman–Crippen MR) is 88.6 cm³/mol. The number of carbonyl (C=O) groups is 1. The van der Waals surface area contributed by atoms with Gasteiger partial charge in [0.2, 0.25) is 0 Å². The van der Waals surface area contributed by atoms with Gasteiger partial charge < -0.3 is 9.84 Å². The van der Waals surface area contributed by atoms with E-state index in [1.165, 1.54) is 18.7 Å². The second-order valence-electron chi connectivity index (χ2n) is 5.41. The number of allylic oxidation sites excluding steroid dienone is 1. The maximum Gasteiger partial charge on any atom is 0.185 e. The van der Waals surface area contributed by atoms with E-state index in [1.54, 1.807) is 24.3 Å². The molecule has 3 nitrogen and oxygen atoms in total.